The summed E-state index contributed by atoms with van der Waals surface area (Å²) in [7, 11) is 0. The lowest BCUT2D eigenvalue weighted by atomic mass is 10.1. The number of carboxylic acid groups (broad SMARTS) is 1. The van der Waals surface area contributed by atoms with Gasteiger partial charge in [-0.05, 0) is 0 Å². The average Bonchev–Trinajstić information content (AvgIpc) is 1.87. The lowest BCUT2D eigenvalue weighted by molar-refractivity contribution is -0.130. The molecule has 0 spiro atoms. The molecule has 0 aliphatic heterocycles. The Labute approximate surface area is 60.2 Å². The Hall–Kier alpha value is -1.41. The minimum atomic E-state index is -1.11. The van der Waals surface area contributed by atoms with Gasteiger partial charge in [0.2, 0.25) is 0 Å². The van der Waals surface area contributed by atoms with E-state index in [0.29, 0.717) is 6.42 Å². The average molecular weight is 136 g/mol. The van der Waals surface area contributed by atoms with Gasteiger partial charge in [0, 0.05) is 18.3 Å². The van der Waals surface area contributed by atoms with E-state index in [9.17, 15) is 4.79 Å². The van der Waals surface area contributed by atoms with Gasteiger partial charge in [0.05, 0.1) is 0 Å². The van der Waals surface area contributed by atoms with Gasteiger partial charge in [-0.15, -0.1) is 12.3 Å². The Morgan fingerprint density at radius 2 is 2.40 bits per heavy atom. The van der Waals surface area contributed by atoms with Crippen molar-refractivity contribution in [3.05, 3.63) is 0 Å². The first-order valence-electron chi connectivity index (χ1n) is 2.84. The largest absolute Gasteiger partial charge is 0.472 e. The summed E-state index contributed by atoms with van der Waals surface area (Å²) in [4.78, 5) is 9.84. The Balaban J connectivity index is 3.69. The van der Waals surface area contributed by atoms with Crippen LogP contribution in [-0.2, 0) is 4.79 Å². The van der Waals surface area contributed by atoms with Crippen molar-refractivity contribution in [3.63, 3.8) is 0 Å². The molecule has 0 aromatic heterocycles. The van der Waals surface area contributed by atoms with E-state index >= 15 is 0 Å². The molecule has 52 valence electrons. The Morgan fingerprint density at radius 3 is 2.80 bits per heavy atom. The molecule has 0 aliphatic carbocycles. The maximum Gasteiger partial charge on any atom is 0.381 e. The molecule has 2 nitrogen and oxygen atoms in total. The van der Waals surface area contributed by atoms with Crippen molar-refractivity contribution in [1.82, 2.24) is 0 Å². The number of aliphatic carboxylic acids is 1. The van der Waals surface area contributed by atoms with E-state index in [1.807, 2.05) is 12.8 Å². The third-order valence-corrected chi connectivity index (χ3v) is 0.888. The van der Waals surface area contributed by atoms with Crippen molar-refractivity contribution in [1.29, 1.82) is 0 Å². The van der Waals surface area contributed by atoms with Crippen molar-refractivity contribution in [3.8, 4) is 24.2 Å². The van der Waals surface area contributed by atoms with Crippen molar-refractivity contribution >= 4 is 5.97 Å². The zero-order chi connectivity index (χ0) is 7.98. The van der Waals surface area contributed by atoms with Crippen molar-refractivity contribution < 1.29 is 9.90 Å². The van der Waals surface area contributed by atoms with E-state index < -0.39 is 5.97 Å². The van der Waals surface area contributed by atoms with Crippen LogP contribution in [0.4, 0.5) is 0 Å². The number of terminal acetylenes is 1. The highest BCUT2D eigenvalue weighted by atomic mass is 16.4. The third-order valence-electron chi connectivity index (χ3n) is 0.888. The molecule has 0 aliphatic rings. The number of carbonyl (C=O) groups is 1. The summed E-state index contributed by atoms with van der Waals surface area (Å²) < 4.78 is 0. The Morgan fingerprint density at radius 1 is 1.80 bits per heavy atom. The van der Waals surface area contributed by atoms with Crippen LogP contribution in [0.1, 0.15) is 13.3 Å². The van der Waals surface area contributed by atoms with Gasteiger partial charge >= 0.3 is 5.97 Å². The minimum absolute atomic E-state index is 0.0341. The number of rotatable bonds is 1. The molecule has 10 heavy (non-hydrogen) atoms. The summed E-state index contributed by atoms with van der Waals surface area (Å²) >= 11 is 0. The van der Waals surface area contributed by atoms with Crippen LogP contribution in [0.15, 0.2) is 0 Å². The number of hydrogen-bond acceptors (Lipinski definition) is 1. The van der Waals surface area contributed by atoms with E-state index in [1.54, 1.807) is 0 Å². The second-order valence-corrected chi connectivity index (χ2v) is 1.88. The van der Waals surface area contributed by atoms with Crippen LogP contribution in [0.5, 0.6) is 0 Å². The second kappa shape index (κ2) is 4.47. The molecule has 0 radical (unpaired) electrons. The van der Waals surface area contributed by atoms with Crippen molar-refractivity contribution in [2.24, 2.45) is 5.92 Å². The molecule has 1 N–H and O–H groups in total. The standard InChI is InChI=1S/C8H8O2/c1-3-7(2)5-4-6-8(9)10/h1,7H,5H2,2H3,(H,9,10). The molecular formula is C8H8O2. The molecule has 0 heterocycles. The molecule has 0 fully saturated rings. The third kappa shape index (κ3) is 4.74. The summed E-state index contributed by atoms with van der Waals surface area (Å²) in [5.41, 5.74) is 0. The van der Waals surface area contributed by atoms with Gasteiger partial charge in [-0.2, -0.15) is 0 Å². The highest BCUT2D eigenvalue weighted by molar-refractivity contribution is 5.86. The predicted molar refractivity (Wildman–Crippen MR) is 38.0 cm³/mol. The lowest BCUT2D eigenvalue weighted by Gasteiger charge is -1.91. The smallest absolute Gasteiger partial charge is 0.381 e. The first kappa shape index (κ1) is 8.59. The van der Waals surface area contributed by atoms with Gasteiger partial charge in [-0.1, -0.05) is 12.8 Å². The van der Waals surface area contributed by atoms with Crippen LogP contribution in [0.2, 0.25) is 0 Å². The second-order valence-electron chi connectivity index (χ2n) is 1.88. The molecule has 1 atom stereocenters. The van der Waals surface area contributed by atoms with Crippen LogP contribution >= 0.6 is 0 Å². The summed E-state index contributed by atoms with van der Waals surface area (Å²) in [5.74, 6) is 5.80. The van der Waals surface area contributed by atoms with Crippen LogP contribution in [0.25, 0.3) is 0 Å². The molecule has 0 aromatic rings. The van der Waals surface area contributed by atoms with Gasteiger partial charge < -0.3 is 5.11 Å². The SMILES string of the molecule is C#CC(C)CC#CC(=O)O. The van der Waals surface area contributed by atoms with Crippen LogP contribution in [0, 0.1) is 30.1 Å². The quantitative estimate of drug-likeness (QED) is 0.539. The summed E-state index contributed by atoms with van der Waals surface area (Å²) in [6, 6.07) is 0. The highest BCUT2D eigenvalue weighted by Gasteiger charge is 1.91. The number of carboxylic acids is 1. The summed E-state index contributed by atoms with van der Waals surface area (Å²) in [6.45, 7) is 1.82. The van der Waals surface area contributed by atoms with Crippen LogP contribution < -0.4 is 0 Å². The van der Waals surface area contributed by atoms with Gasteiger partial charge in [-0.3, -0.25) is 0 Å². The highest BCUT2D eigenvalue weighted by Crippen LogP contribution is 1.95. The molecule has 0 amide bonds. The zero-order valence-corrected chi connectivity index (χ0v) is 5.72. The van der Waals surface area contributed by atoms with Crippen LogP contribution in [0.3, 0.4) is 0 Å². The maximum atomic E-state index is 9.84. The van der Waals surface area contributed by atoms with E-state index in [-0.39, 0.29) is 5.92 Å². The topological polar surface area (TPSA) is 37.3 Å². The first-order valence-corrected chi connectivity index (χ1v) is 2.84. The van der Waals surface area contributed by atoms with E-state index in [0.717, 1.165) is 0 Å². The van der Waals surface area contributed by atoms with Gasteiger partial charge in [0.15, 0.2) is 0 Å². The predicted octanol–water partition coefficient (Wildman–Crippen LogP) is 0.734. The van der Waals surface area contributed by atoms with Gasteiger partial charge in [0.25, 0.3) is 0 Å². The number of hydrogen-bond donors (Lipinski definition) is 1. The van der Waals surface area contributed by atoms with E-state index in [4.69, 9.17) is 11.5 Å². The fourth-order valence-electron chi connectivity index (χ4n) is 0.339. The fourth-order valence-corrected chi connectivity index (χ4v) is 0.339. The molecule has 0 aromatic carbocycles. The van der Waals surface area contributed by atoms with Crippen LogP contribution in [-0.4, -0.2) is 11.1 Å². The maximum absolute atomic E-state index is 9.84. The first-order chi connectivity index (χ1) is 4.66. The Kier molecular flexibility index (Phi) is 3.84. The molecule has 0 rings (SSSR count). The zero-order valence-electron chi connectivity index (χ0n) is 5.72. The molecule has 0 saturated carbocycles. The van der Waals surface area contributed by atoms with Gasteiger partial charge in [0.1, 0.15) is 0 Å². The molecule has 0 bridgehead atoms. The monoisotopic (exact) mass is 136 g/mol. The fraction of sp³-hybridized carbons (Fsp3) is 0.375. The lowest BCUT2D eigenvalue weighted by Crippen LogP contribution is -1.89. The minimum Gasteiger partial charge on any atom is -0.472 e. The normalized spacial score (nSPS) is 10.4. The Bertz CT molecular complexity index is 212. The molecule has 1 unspecified atom stereocenters. The van der Waals surface area contributed by atoms with Gasteiger partial charge in [-0.25, -0.2) is 4.79 Å². The van der Waals surface area contributed by atoms with Crippen molar-refractivity contribution in [2.75, 3.05) is 0 Å². The van der Waals surface area contributed by atoms with E-state index in [1.165, 1.54) is 0 Å². The summed E-state index contributed by atoms with van der Waals surface area (Å²) in [5, 5.41) is 8.07. The molecular weight excluding hydrogens is 128 g/mol. The van der Waals surface area contributed by atoms with Crippen molar-refractivity contribution in [2.45, 2.75) is 13.3 Å². The molecule has 2 heteroatoms. The summed E-state index contributed by atoms with van der Waals surface area (Å²) in [6.07, 6.45) is 5.47. The van der Waals surface area contributed by atoms with E-state index in [2.05, 4.69) is 11.8 Å². The molecule has 0 saturated heterocycles.